The molecule has 98 valence electrons. The van der Waals surface area contributed by atoms with Crippen LogP contribution in [0.25, 0.3) is 0 Å². The van der Waals surface area contributed by atoms with E-state index in [1.165, 1.54) is 16.7 Å². The molecule has 0 spiro atoms. The number of carbonyl (C=O) groups excluding carboxylic acids is 1. The predicted octanol–water partition coefficient (Wildman–Crippen LogP) is 1.80. The number of nitrogens with two attached hydrogens (primary N) is 1. The highest BCUT2D eigenvalue weighted by Gasteiger charge is 2.34. The summed E-state index contributed by atoms with van der Waals surface area (Å²) in [6.45, 7) is 5.56. The minimum Gasteiger partial charge on any atom is -0.356 e. The van der Waals surface area contributed by atoms with Crippen molar-refractivity contribution in [1.29, 1.82) is 0 Å². The van der Waals surface area contributed by atoms with Crippen molar-refractivity contribution in [3.8, 4) is 0 Å². The average Bonchev–Trinajstić information content (AvgIpc) is 2.55. The van der Waals surface area contributed by atoms with Crippen molar-refractivity contribution in [3.05, 3.63) is 34.9 Å². The van der Waals surface area contributed by atoms with Crippen molar-refractivity contribution in [2.24, 2.45) is 5.73 Å². The molecular weight excluding hydrogens is 224 g/mol. The topological polar surface area (TPSA) is 55.1 Å². The minimum atomic E-state index is -0.0464. The van der Waals surface area contributed by atoms with Crippen LogP contribution in [0.15, 0.2) is 18.2 Å². The molecule has 1 atom stereocenters. The second kappa shape index (κ2) is 5.11. The lowest BCUT2D eigenvalue weighted by atomic mass is 9.72. The lowest BCUT2D eigenvalue weighted by Crippen LogP contribution is -2.36. The standard InChI is InChI=1S/C15H22N2O/c1-11-3-4-12(2)13(9-11)15(10-16)6-5-14(18)17-8-7-15/h3-4,9H,5-8,10,16H2,1-2H3,(H,17,18). The molecule has 0 radical (unpaired) electrons. The van der Waals surface area contributed by atoms with E-state index in [2.05, 4.69) is 37.4 Å². The van der Waals surface area contributed by atoms with E-state index in [-0.39, 0.29) is 11.3 Å². The van der Waals surface area contributed by atoms with Crippen LogP contribution in [0, 0.1) is 13.8 Å². The zero-order chi connectivity index (χ0) is 13.2. The zero-order valence-corrected chi connectivity index (χ0v) is 11.3. The smallest absolute Gasteiger partial charge is 0.220 e. The van der Waals surface area contributed by atoms with Gasteiger partial charge in [-0.15, -0.1) is 0 Å². The fourth-order valence-corrected chi connectivity index (χ4v) is 2.90. The van der Waals surface area contributed by atoms with Gasteiger partial charge in [0.1, 0.15) is 0 Å². The summed E-state index contributed by atoms with van der Waals surface area (Å²) >= 11 is 0. The van der Waals surface area contributed by atoms with Gasteiger partial charge >= 0.3 is 0 Å². The Kier molecular flexibility index (Phi) is 3.71. The van der Waals surface area contributed by atoms with Gasteiger partial charge in [-0.25, -0.2) is 0 Å². The summed E-state index contributed by atoms with van der Waals surface area (Å²) in [6, 6.07) is 6.52. The lowest BCUT2D eigenvalue weighted by molar-refractivity contribution is -0.120. The Labute approximate surface area is 109 Å². The van der Waals surface area contributed by atoms with Crippen molar-refractivity contribution in [2.45, 2.75) is 38.5 Å². The monoisotopic (exact) mass is 246 g/mol. The van der Waals surface area contributed by atoms with E-state index in [1.807, 2.05) is 0 Å². The molecule has 2 rings (SSSR count). The molecular formula is C15H22N2O. The molecule has 1 unspecified atom stereocenters. The number of amides is 1. The molecule has 3 heteroatoms. The summed E-state index contributed by atoms with van der Waals surface area (Å²) in [4.78, 5) is 11.5. The fourth-order valence-electron chi connectivity index (χ4n) is 2.90. The highest BCUT2D eigenvalue weighted by molar-refractivity contribution is 5.76. The number of hydrogen-bond acceptors (Lipinski definition) is 2. The van der Waals surface area contributed by atoms with Crippen LogP contribution < -0.4 is 11.1 Å². The number of carbonyl (C=O) groups is 1. The van der Waals surface area contributed by atoms with E-state index in [0.717, 1.165) is 19.4 Å². The molecule has 1 aliphatic heterocycles. The Bertz CT molecular complexity index is 456. The van der Waals surface area contributed by atoms with E-state index >= 15 is 0 Å². The average molecular weight is 246 g/mol. The van der Waals surface area contributed by atoms with E-state index in [0.29, 0.717) is 13.0 Å². The van der Waals surface area contributed by atoms with E-state index in [1.54, 1.807) is 0 Å². The molecule has 1 amide bonds. The summed E-state index contributed by atoms with van der Waals surface area (Å²) in [5, 5.41) is 2.94. The molecule has 1 heterocycles. The van der Waals surface area contributed by atoms with Gasteiger partial charge in [0.05, 0.1) is 0 Å². The Morgan fingerprint density at radius 3 is 2.83 bits per heavy atom. The van der Waals surface area contributed by atoms with Gasteiger partial charge in [-0.05, 0) is 37.8 Å². The molecule has 0 aromatic heterocycles. The molecule has 0 bridgehead atoms. The molecule has 18 heavy (non-hydrogen) atoms. The predicted molar refractivity (Wildman–Crippen MR) is 73.5 cm³/mol. The van der Waals surface area contributed by atoms with Gasteiger partial charge < -0.3 is 11.1 Å². The summed E-state index contributed by atoms with van der Waals surface area (Å²) in [5.74, 6) is 0.149. The van der Waals surface area contributed by atoms with E-state index in [9.17, 15) is 4.79 Å². The van der Waals surface area contributed by atoms with E-state index in [4.69, 9.17) is 5.73 Å². The third-order valence-corrected chi connectivity index (χ3v) is 4.11. The summed E-state index contributed by atoms with van der Waals surface area (Å²) in [6.07, 6.45) is 2.35. The zero-order valence-electron chi connectivity index (χ0n) is 11.3. The van der Waals surface area contributed by atoms with Crippen LogP contribution in [-0.2, 0) is 10.2 Å². The van der Waals surface area contributed by atoms with Crippen molar-refractivity contribution >= 4 is 5.91 Å². The summed E-state index contributed by atoms with van der Waals surface area (Å²) < 4.78 is 0. The van der Waals surface area contributed by atoms with Crippen molar-refractivity contribution < 1.29 is 4.79 Å². The van der Waals surface area contributed by atoms with Crippen molar-refractivity contribution in [3.63, 3.8) is 0 Å². The third-order valence-electron chi connectivity index (χ3n) is 4.11. The van der Waals surface area contributed by atoms with Crippen LogP contribution in [0.3, 0.4) is 0 Å². The van der Waals surface area contributed by atoms with Crippen LogP contribution in [0.2, 0.25) is 0 Å². The van der Waals surface area contributed by atoms with Crippen molar-refractivity contribution in [1.82, 2.24) is 5.32 Å². The molecule has 3 nitrogen and oxygen atoms in total. The first-order valence-electron chi connectivity index (χ1n) is 6.62. The lowest BCUT2D eigenvalue weighted by Gasteiger charge is -2.33. The number of hydrogen-bond donors (Lipinski definition) is 2. The Morgan fingerprint density at radius 2 is 2.11 bits per heavy atom. The number of rotatable bonds is 2. The van der Waals surface area contributed by atoms with Crippen molar-refractivity contribution in [2.75, 3.05) is 13.1 Å². The van der Waals surface area contributed by atoms with Gasteiger partial charge in [-0.2, -0.15) is 0 Å². The molecule has 1 saturated heterocycles. The van der Waals surface area contributed by atoms with Gasteiger partial charge in [0.2, 0.25) is 5.91 Å². The maximum Gasteiger partial charge on any atom is 0.220 e. The van der Waals surface area contributed by atoms with Crippen LogP contribution in [0.4, 0.5) is 0 Å². The fraction of sp³-hybridized carbons (Fsp3) is 0.533. The molecule has 3 N–H and O–H groups in total. The molecule has 1 aromatic rings. The Balaban J connectivity index is 2.42. The van der Waals surface area contributed by atoms with Gasteiger partial charge in [-0.1, -0.05) is 23.8 Å². The Morgan fingerprint density at radius 1 is 1.33 bits per heavy atom. The second-order valence-corrected chi connectivity index (χ2v) is 5.40. The molecule has 1 fully saturated rings. The minimum absolute atomic E-state index is 0.0464. The number of benzene rings is 1. The van der Waals surface area contributed by atoms with Gasteiger partial charge in [-0.3, -0.25) is 4.79 Å². The van der Waals surface area contributed by atoms with Crippen LogP contribution >= 0.6 is 0 Å². The van der Waals surface area contributed by atoms with Gasteiger partial charge in [0.15, 0.2) is 0 Å². The summed E-state index contributed by atoms with van der Waals surface area (Å²) in [5.41, 5.74) is 9.87. The first kappa shape index (κ1) is 13.1. The molecule has 0 saturated carbocycles. The first-order valence-corrected chi connectivity index (χ1v) is 6.62. The SMILES string of the molecule is Cc1ccc(C)c(C2(CN)CCNC(=O)CC2)c1. The molecule has 1 aliphatic rings. The maximum absolute atomic E-state index is 11.5. The summed E-state index contributed by atoms with van der Waals surface area (Å²) in [7, 11) is 0. The van der Waals surface area contributed by atoms with Gasteiger partial charge in [0, 0.05) is 24.9 Å². The van der Waals surface area contributed by atoms with Crippen LogP contribution in [-0.4, -0.2) is 19.0 Å². The first-order chi connectivity index (χ1) is 8.57. The highest BCUT2D eigenvalue weighted by Crippen LogP contribution is 2.35. The number of nitrogens with one attached hydrogen (secondary N) is 1. The van der Waals surface area contributed by atoms with Gasteiger partial charge in [0.25, 0.3) is 0 Å². The molecule has 1 aromatic carbocycles. The quantitative estimate of drug-likeness (QED) is 0.836. The second-order valence-electron chi connectivity index (χ2n) is 5.40. The highest BCUT2D eigenvalue weighted by atomic mass is 16.1. The number of aryl methyl sites for hydroxylation is 2. The third kappa shape index (κ3) is 2.41. The largest absolute Gasteiger partial charge is 0.356 e. The van der Waals surface area contributed by atoms with Crippen LogP contribution in [0.1, 0.15) is 36.0 Å². The van der Waals surface area contributed by atoms with Crippen LogP contribution in [0.5, 0.6) is 0 Å². The van der Waals surface area contributed by atoms with E-state index < -0.39 is 0 Å². The maximum atomic E-state index is 11.5. The Hall–Kier alpha value is -1.35. The normalized spacial score (nSPS) is 24.5. The molecule has 0 aliphatic carbocycles.